The third-order valence-electron chi connectivity index (χ3n) is 6.40. The fraction of sp³-hybridized carbons (Fsp3) is 0.944. The number of ether oxygens (including phenoxy) is 1. The molecule has 1 spiro atoms. The van der Waals surface area contributed by atoms with Crippen molar-refractivity contribution < 1.29 is 14.6 Å². The molecule has 0 aromatic heterocycles. The van der Waals surface area contributed by atoms with Gasteiger partial charge in [0.1, 0.15) is 0 Å². The van der Waals surface area contributed by atoms with Crippen molar-refractivity contribution in [1.29, 1.82) is 0 Å². The zero-order chi connectivity index (χ0) is 15.7. The summed E-state index contributed by atoms with van der Waals surface area (Å²) >= 11 is 0. The van der Waals surface area contributed by atoms with E-state index < -0.39 is 0 Å². The van der Waals surface area contributed by atoms with E-state index in [2.05, 4.69) is 11.8 Å². The molecule has 4 heteroatoms. The first kappa shape index (κ1) is 16.3. The molecule has 0 aromatic rings. The van der Waals surface area contributed by atoms with Crippen LogP contribution in [0.3, 0.4) is 0 Å². The predicted molar refractivity (Wildman–Crippen MR) is 85.4 cm³/mol. The summed E-state index contributed by atoms with van der Waals surface area (Å²) in [4.78, 5) is 14.8. The molecule has 0 radical (unpaired) electrons. The minimum Gasteiger partial charge on any atom is -0.392 e. The number of rotatable bonds is 3. The van der Waals surface area contributed by atoms with Gasteiger partial charge in [-0.15, -0.1) is 0 Å². The number of piperidine rings is 1. The highest BCUT2D eigenvalue weighted by molar-refractivity contribution is 5.79. The van der Waals surface area contributed by atoms with Crippen LogP contribution in [0.4, 0.5) is 0 Å². The normalized spacial score (nSPS) is 37.9. The van der Waals surface area contributed by atoms with E-state index >= 15 is 0 Å². The summed E-state index contributed by atoms with van der Waals surface area (Å²) < 4.78 is 5.80. The van der Waals surface area contributed by atoms with Crippen molar-refractivity contribution in [2.75, 3.05) is 19.7 Å². The Morgan fingerprint density at radius 1 is 1.27 bits per heavy atom. The van der Waals surface area contributed by atoms with Gasteiger partial charge in [0.15, 0.2) is 0 Å². The molecule has 3 fully saturated rings. The molecule has 3 aliphatic rings. The lowest BCUT2D eigenvalue weighted by molar-refractivity contribution is -0.210. The Kier molecular flexibility index (Phi) is 4.79. The van der Waals surface area contributed by atoms with Crippen molar-refractivity contribution in [2.45, 2.75) is 71.0 Å². The molecule has 0 aromatic carbocycles. The smallest absolute Gasteiger partial charge is 0.225 e. The number of carbonyl (C=O) groups is 1. The van der Waals surface area contributed by atoms with E-state index in [4.69, 9.17) is 4.74 Å². The van der Waals surface area contributed by atoms with Gasteiger partial charge in [0.2, 0.25) is 5.91 Å². The van der Waals surface area contributed by atoms with Crippen molar-refractivity contribution in [1.82, 2.24) is 4.90 Å². The molecular weight excluding hydrogens is 278 g/mol. The summed E-state index contributed by atoms with van der Waals surface area (Å²) in [6, 6.07) is 0. The number of amides is 1. The Morgan fingerprint density at radius 3 is 2.59 bits per heavy atom. The Bertz CT molecular complexity index is 401. The van der Waals surface area contributed by atoms with E-state index in [1.165, 1.54) is 12.8 Å². The molecule has 1 saturated heterocycles. The van der Waals surface area contributed by atoms with Crippen LogP contribution in [0, 0.1) is 17.3 Å². The van der Waals surface area contributed by atoms with Gasteiger partial charge in [0, 0.05) is 37.5 Å². The molecule has 22 heavy (non-hydrogen) atoms. The minimum atomic E-state index is -0.240. The molecule has 3 rings (SSSR count). The fourth-order valence-corrected chi connectivity index (χ4v) is 4.88. The Balaban J connectivity index is 1.56. The number of likely N-dealkylation sites (tertiary alicyclic amines) is 1. The van der Waals surface area contributed by atoms with Gasteiger partial charge >= 0.3 is 0 Å². The lowest BCUT2D eigenvalue weighted by atomic mass is 9.58. The first-order valence-electron chi connectivity index (χ1n) is 9.15. The Morgan fingerprint density at radius 2 is 2.00 bits per heavy atom. The molecule has 1 aliphatic heterocycles. The van der Waals surface area contributed by atoms with E-state index in [0.717, 1.165) is 45.2 Å². The van der Waals surface area contributed by atoms with Gasteiger partial charge in [-0.05, 0) is 38.5 Å². The van der Waals surface area contributed by atoms with Gasteiger partial charge < -0.3 is 14.7 Å². The maximum absolute atomic E-state index is 12.7. The highest BCUT2D eigenvalue weighted by atomic mass is 16.5. The van der Waals surface area contributed by atoms with Crippen LogP contribution in [-0.4, -0.2) is 47.8 Å². The Hall–Kier alpha value is -0.610. The second-order valence-corrected chi connectivity index (χ2v) is 7.72. The summed E-state index contributed by atoms with van der Waals surface area (Å²) in [7, 11) is 0. The monoisotopic (exact) mass is 309 g/mol. The molecule has 2 aliphatic carbocycles. The van der Waals surface area contributed by atoms with E-state index in [-0.39, 0.29) is 23.5 Å². The van der Waals surface area contributed by atoms with Crippen molar-refractivity contribution in [3.63, 3.8) is 0 Å². The van der Waals surface area contributed by atoms with Crippen molar-refractivity contribution >= 4 is 5.91 Å². The molecule has 1 heterocycles. The van der Waals surface area contributed by atoms with E-state index in [1.54, 1.807) is 0 Å². The average molecular weight is 309 g/mol. The van der Waals surface area contributed by atoms with Crippen LogP contribution in [0.2, 0.25) is 0 Å². The average Bonchev–Trinajstić information content (AvgIpc) is 2.54. The maximum Gasteiger partial charge on any atom is 0.225 e. The molecule has 0 bridgehead atoms. The highest BCUT2D eigenvalue weighted by Crippen LogP contribution is 2.51. The first-order chi connectivity index (χ1) is 10.6. The summed E-state index contributed by atoms with van der Waals surface area (Å²) in [6.07, 6.45) is 7.10. The van der Waals surface area contributed by atoms with Crippen LogP contribution in [0.15, 0.2) is 0 Å². The van der Waals surface area contributed by atoms with Crippen LogP contribution in [-0.2, 0) is 9.53 Å². The van der Waals surface area contributed by atoms with Crippen LogP contribution < -0.4 is 0 Å². The van der Waals surface area contributed by atoms with Gasteiger partial charge in [-0.25, -0.2) is 0 Å². The molecule has 4 atom stereocenters. The third kappa shape index (κ3) is 2.80. The number of aliphatic hydroxyl groups excluding tert-OH is 1. The van der Waals surface area contributed by atoms with E-state index in [9.17, 15) is 9.90 Å². The Labute approximate surface area is 134 Å². The topological polar surface area (TPSA) is 49.8 Å². The predicted octanol–water partition coefficient (Wildman–Crippen LogP) is 2.59. The lowest BCUT2D eigenvalue weighted by Gasteiger charge is -2.56. The summed E-state index contributed by atoms with van der Waals surface area (Å²) in [5, 5.41) is 10.2. The molecule has 1 N–H and O–H groups in total. The van der Waals surface area contributed by atoms with Crippen LogP contribution in [0.5, 0.6) is 0 Å². The zero-order valence-corrected chi connectivity index (χ0v) is 14.1. The van der Waals surface area contributed by atoms with Crippen molar-refractivity contribution in [2.24, 2.45) is 17.3 Å². The van der Waals surface area contributed by atoms with Gasteiger partial charge in [-0.2, -0.15) is 0 Å². The number of aliphatic hydroxyl groups is 1. The van der Waals surface area contributed by atoms with E-state index in [1.807, 2.05) is 6.92 Å². The molecule has 126 valence electrons. The molecule has 2 saturated carbocycles. The lowest BCUT2D eigenvalue weighted by Crippen LogP contribution is -2.63. The highest BCUT2D eigenvalue weighted by Gasteiger charge is 2.56. The second-order valence-electron chi connectivity index (χ2n) is 7.72. The third-order valence-corrected chi connectivity index (χ3v) is 6.40. The van der Waals surface area contributed by atoms with E-state index in [0.29, 0.717) is 18.4 Å². The standard InChI is InChI=1S/C18H31NO3/c1-3-22-16-12-15(20)18(16)7-9-19(10-8-18)17(21)14-6-4-5-13(2)11-14/h13-16,20H,3-12H2,1-2H3/t13-,14-,15-,16+/m0/s1. The first-order valence-corrected chi connectivity index (χ1v) is 9.15. The number of hydrogen-bond donors (Lipinski definition) is 1. The number of carbonyl (C=O) groups excluding carboxylic acids is 1. The second kappa shape index (κ2) is 6.48. The largest absolute Gasteiger partial charge is 0.392 e. The zero-order valence-electron chi connectivity index (χ0n) is 14.1. The fourth-order valence-electron chi connectivity index (χ4n) is 4.88. The molecular formula is C18H31NO3. The van der Waals surface area contributed by atoms with Crippen molar-refractivity contribution in [3.8, 4) is 0 Å². The van der Waals surface area contributed by atoms with Crippen LogP contribution in [0.1, 0.15) is 58.8 Å². The minimum absolute atomic E-state index is 0.0767. The van der Waals surface area contributed by atoms with Gasteiger partial charge in [-0.3, -0.25) is 4.79 Å². The van der Waals surface area contributed by atoms with Crippen LogP contribution in [0.25, 0.3) is 0 Å². The number of hydrogen-bond acceptors (Lipinski definition) is 3. The summed E-state index contributed by atoms with van der Waals surface area (Å²) in [5.74, 6) is 1.30. The van der Waals surface area contributed by atoms with Gasteiger partial charge in [-0.1, -0.05) is 19.8 Å². The summed E-state index contributed by atoms with van der Waals surface area (Å²) in [6.45, 7) is 6.58. The molecule has 4 nitrogen and oxygen atoms in total. The molecule has 1 amide bonds. The SMILES string of the molecule is CCO[C@@H]1C[C@H](O)C12CCN(C(=O)[C@H]1CCC[C@H](C)C1)CC2. The maximum atomic E-state index is 12.7. The van der Waals surface area contributed by atoms with Gasteiger partial charge in [0.25, 0.3) is 0 Å². The van der Waals surface area contributed by atoms with Crippen LogP contribution >= 0.6 is 0 Å². The number of nitrogens with zero attached hydrogens (tertiary/aromatic N) is 1. The quantitative estimate of drug-likeness (QED) is 0.872. The molecule has 0 unspecified atom stereocenters. The van der Waals surface area contributed by atoms with Gasteiger partial charge in [0.05, 0.1) is 12.2 Å². The summed E-state index contributed by atoms with van der Waals surface area (Å²) in [5.41, 5.74) is -0.0767. The van der Waals surface area contributed by atoms with Crippen molar-refractivity contribution in [3.05, 3.63) is 0 Å².